The SMILES string of the molecule is CN(c1cc2cc(C(=O)O)ccc2nc1-c1ccc(F)cc1)C1CCNCC1. The van der Waals surface area contributed by atoms with Crippen molar-refractivity contribution >= 4 is 22.6 Å². The third kappa shape index (κ3) is 3.55. The van der Waals surface area contributed by atoms with E-state index < -0.39 is 5.97 Å². The van der Waals surface area contributed by atoms with Gasteiger partial charge in [-0.2, -0.15) is 0 Å². The molecule has 0 bridgehead atoms. The Balaban J connectivity index is 1.87. The Labute approximate surface area is 162 Å². The number of carbonyl (C=O) groups is 1. The normalized spacial score (nSPS) is 14.9. The smallest absolute Gasteiger partial charge is 0.335 e. The van der Waals surface area contributed by atoms with Crippen LogP contribution in [-0.2, 0) is 0 Å². The molecule has 1 fully saturated rings. The predicted octanol–water partition coefficient (Wildman–Crippen LogP) is 3.93. The van der Waals surface area contributed by atoms with Gasteiger partial charge in [0.05, 0.1) is 22.5 Å². The van der Waals surface area contributed by atoms with Crippen LogP contribution in [0.4, 0.5) is 10.1 Å². The highest BCUT2D eigenvalue weighted by Gasteiger charge is 2.22. The minimum Gasteiger partial charge on any atom is -0.478 e. The Morgan fingerprint density at radius 3 is 2.54 bits per heavy atom. The average molecular weight is 379 g/mol. The molecular weight excluding hydrogens is 357 g/mol. The first-order valence-corrected chi connectivity index (χ1v) is 9.40. The maximum atomic E-state index is 13.4. The van der Waals surface area contributed by atoms with Crippen molar-refractivity contribution in [3.63, 3.8) is 0 Å². The molecule has 0 amide bonds. The third-order valence-electron chi connectivity index (χ3n) is 5.40. The highest BCUT2D eigenvalue weighted by Crippen LogP contribution is 2.34. The van der Waals surface area contributed by atoms with Crippen LogP contribution in [0.2, 0.25) is 0 Å². The summed E-state index contributed by atoms with van der Waals surface area (Å²) in [5.41, 5.74) is 3.48. The molecule has 144 valence electrons. The standard InChI is InChI=1S/C22H22FN3O2/c1-26(18-8-10-24-11-9-18)20-13-16-12-15(22(27)28)4-7-19(16)25-21(20)14-2-5-17(23)6-3-14/h2-7,12-13,18,24H,8-11H2,1H3,(H,27,28). The van der Waals surface area contributed by atoms with Gasteiger partial charge >= 0.3 is 5.97 Å². The van der Waals surface area contributed by atoms with Gasteiger partial charge in [-0.25, -0.2) is 14.2 Å². The molecule has 1 aromatic heterocycles. The van der Waals surface area contributed by atoms with Crippen molar-refractivity contribution in [1.82, 2.24) is 10.3 Å². The maximum absolute atomic E-state index is 13.4. The number of hydrogen-bond acceptors (Lipinski definition) is 4. The second-order valence-electron chi connectivity index (χ2n) is 7.17. The summed E-state index contributed by atoms with van der Waals surface area (Å²) in [6.07, 6.45) is 2.04. The van der Waals surface area contributed by atoms with Crippen LogP contribution in [0.3, 0.4) is 0 Å². The molecule has 0 radical (unpaired) electrons. The van der Waals surface area contributed by atoms with Crippen LogP contribution in [0.5, 0.6) is 0 Å². The Hall–Kier alpha value is -2.99. The third-order valence-corrected chi connectivity index (χ3v) is 5.40. The van der Waals surface area contributed by atoms with Crippen molar-refractivity contribution in [3.8, 4) is 11.3 Å². The van der Waals surface area contributed by atoms with Gasteiger partial charge in [0, 0.05) is 24.0 Å². The molecule has 2 heterocycles. The zero-order valence-corrected chi connectivity index (χ0v) is 15.7. The van der Waals surface area contributed by atoms with Crippen LogP contribution in [-0.4, -0.2) is 42.2 Å². The summed E-state index contributed by atoms with van der Waals surface area (Å²) in [6.45, 7) is 1.93. The van der Waals surface area contributed by atoms with Gasteiger partial charge in [0.1, 0.15) is 5.82 Å². The first-order valence-electron chi connectivity index (χ1n) is 9.40. The fourth-order valence-electron chi connectivity index (χ4n) is 3.78. The number of hydrogen-bond donors (Lipinski definition) is 2. The largest absolute Gasteiger partial charge is 0.478 e. The first kappa shape index (κ1) is 18.4. The number of carboxylic acid groups (broad SMARTS) is 1. The number of carboxylic acids is 1. The predicted molar refractivity (Wildman–Crippen MR) is 108 cm³/mol. The second-order valence-corrected chi connectivity index (χ2v) is 7.17. The summed E-state index contributed by atoms with van der Waals surface area (Å²) >= 11 is 0. The molecule has 6 heteroatoms. The number of pyridine rings is 1. The molecule has 2 aromatic carbocycles. The Bertz CT molecular complexity index is 1010. The highest BCUT2D eigenvalue weighted by atomic mass is 19.1. The monoisotopic (exact) mass is 379 g/mol. The quantitative estimate of drug-likeness (QED) is 0.719. The van der Waals surface area contributed by atoms with Gasteiger partial charge in [-0.3, -0.25) is 0 Å². The van der Waals surface area contributed by atoms with Gasteiger partial charge in [0.2, 0.25) is 0 Å². The van der Waals surface area contributed by atoms with Crippen molar-refractivity contribution in [1.29, 1.82) is 0 Å². The van der Waals surface area contributed by atoms with Crippen LogP contribution in [0.1, 0.15) is 23.2 Å². The molecule has 1 aliphatic heterocycles. The van der Waals surface area contributed by atoms with E-state index in [1.54, 1.807) is 30.3 Å². The number of benzene rings is 2. The lowest BCUT2D eigenvalue weighted by molar-refractivity contribution is 0.0697. The van der Waals surface area contributed by atoms with Crippen molar-refractivity contribution in [2.45, 2.75) is 18.9 Å². The lowest BCUT2D eigenvalue weighted by Crippen LogP contribution is -2.41. The molecule has 2 N–H and O–H groups in total. The molecule has 0 atom stereocenters. The van der Waals surface area contributed by atoms with E-state index in [9.17, 15) is 14.3 Å². The van der Waals surface area contributed by atoms with E-state index in [2.05, 4.69) is 10.2 Å². The number of nitrogens with zero attached hydrogens (tertiary/aromatic N) is 2. The molecule has 0 spiro atoms. The van der Waals surface area contributed by atoms with Gasteiger partial charge in [-0.05, 0) is 74.5 Å². The average Bonchev–Trinajstić information content (AvgIpc) is 2.73. The van der Waals surface area contributed by atoms with Crippen molar-refractivity contribution < 1.29 is 14.3 Å². The van der Waals surface area contributed by atoms with Gasteiger partial charge < -0.3 is 15.3 Å². The topological polar surface area (TPSA) is 65.5 Å². The van der Waals surface area contributed by atoms with Crippen LogP contribution < -0.4 is 10.2 Å². The molecule has 0 saturated carbocycles. The number of piperidine rings is 1. The molecule has 4 rings (SSSR count). The lowest BCUT2D eigenvalue weighted by Gasteiger charge is -2.34. The van der Waals surface area contributed by atoms with Crippen LogP contribution in [0, 0.1) is 5.82 Å². The summed E-state index contributed by atoms with van der Waals surface area (Å²) in [6, 6.07) is 13.6. The van der Waals surface area contributed by atoms with Gasteiger partial charge in [-0.1, -0.05) is 0 Å². The minimum atomic E-state index is -0.960. The number of nitrogens with one attached hydrogen (secondary N) is 1. The van der Waals surface area contributed by atoms with E-state index in [4.69, 9.17) is 4.98 Å². The lowest BCUT2D eigenvalue weighted by atomic mass is 10.0. The van der Waals surface area contributed by atoms with E-state index in [0.29, 0.717) is 11.6 Å². The van der Waals surface area contributed by atoms with Crippen molar-refractivity contribution in [2.75, 3.05) is 25.0 Å². The van der Waals surface area contributed by atoms with E-state index in [1.807, 2.05) is 13.1 Å². The maximum Gasteiger partial charge on any atom is 0.335 e. The van der Waals surface area contributed by atoms with E-state index >= 15 is 0 Å². The molecular formula is C22H22FN3O2. The Kier molecular flexibility index (Phi) is 4.96. The summed E-state index contributed by atoms with van der Waals surface area (Å²) in [5.74, 6) is -1.25. The van der Waals surface area contributed by atoms with Gasteiger partial charge in [0.25, 0.3) is 0 Å². The van der Waals surface area contributed by atoms with Crippen LogP contribution in [0.25, 0.3) is 22.2 Å². The Morgan fingerprint density at radius 1 is 1.14 bits per heavy atom. The number of halogens is 1. The van der Waals surface area contributed by atoms with E-state index in [-0.39, 0.29) is 11.4 Å². The fourth-order valence-corrected chi connectivity index (χ4v) is 3.78. The van der Waals surface area contributed by atoms with Crippen LogP contribution >= 0.6 is 0 Å². The Morgan fingerprint density at radius 2 is 1.86 bits per heavy atom. The van der Waals surface area contributed by atoms with Gasteiger partial charge in [-0.15, -0.1) is 0 Å². The van der Waals surface area contributed by atoms with E-state index in [1.165, 1.54) is 12.1 Å². The molecule has 3 aromatic rings. The molecule has 0 aliphatic carbocycles. The zero-order chi connectivity index (χ0) is 19.7. The molecule has 28 heavy (non-hydrogen) atoms. The van der Waals surface area contributed by atoms with E-state index in [0.717, 1.165) is 48.3 Å². The molecule has 5 nitrogen and oxygen atoms in total. The first-order chi connectivity index (χ1) is 13.5. The minimum absolute atomic E-state index is 0.235. The van der Waals surface area contributed by atoms with Gasteiger partial charge in [0.15, 0.2) is 0 Å². The summed E-state index contributed by atoms with van der Waals surface area (Å²) in [5, 5.41) is 13.5. The fraction of sp³-hybridized carbons (Fsp3) is 0.273. The zero-order valence-electron chi connectivity index (χ0n) is 15.7. The highest BCUT2D eigenvalue weighted by molar-refractivity contribution is 5.96. The summed E-state index contributed by atoms with van der Waals surface area (Å²) < 4.78 is 13.4. The summed E-state index contributed by atoms with van der Waals surface area (Å²) in [7, 11) is 2.05. The molecule has 1 saturated heterocycles. The number of anilines is 1. The van der Waals surface area contributed by atoms with Crippen molar-refractivity contribution in [2.24, 2.45) is 0 Å². The number of aromatic nitrogens is 1. The van der Waals surface area contributed by atoms with Crippen LogP contribution in [0.15, 0.2) is 48.5 Å². The molecule has 0 unspecified atom stereocenters. The summed E-state index contributed by atoms with van der Waals surface area (Å²) in [4.78, 5) is 18.4. The number of aromatic carboxylic acids is 1. The van der Waals surface area contributed by atoms with Crippen molar-refractivity contribution in [3.05, 3.63) is 59.9 Å². The number of fused-ring (bicyclic) bond motifs is 1. The number of rotatable bonds is 4. The second kappa shape index (κ2) is 7.56. The molecule has 1 aliphatic rings.